The molecule has 3 N–H and O–H groups in total. The summed E-state index contributed by atoms with van der Waals surface area (Å²) >= 11 is 0. The molecule has 0 saturated carbocycles. The highest BCUT2D eigenvalue weighted by molar-refractivity contribution is 5.84. The molecule has 1 unspecified atom stereocenters. The number of fused-ring (bicyclic) bond motifs is 1. The Bertz CT molecular complexity index is 670. The maximum atomic E-state index is 13.4. The molecule has 2 heterocycles. The van der Waals surface area contributed by atoms with Crippen molar-refractivity contribution < 1.29 is 14.6 Å². The predicted molar refractivity (Wildman–Crippen MR) is 84.2 cm³/mol. The SMILES string of the molecule is Cc1c(CN2CCCC(O)(CO)CC2)[nH]c2ccc(F)cc12. The van der Waals surface area contributed by atoms with Gasteiger partial charge >= 0.3 is 0 Å². The lowest BCUT2D eigenvalue weighted by Gasteiger charge is -2.24. The number of H-pyrrole nitrogens is 1. The van der Waals surface area contributed by atoms with Gasteiger partial charge in [-0.3, -0.25) is 4.90 Å². The van der Waals surface area contributed by atoms with Crippen LogP contribution in [-0.4, -0.2) is 45.4 Å². The van der Waals surface area contributed by atoms with Crippen molar-refractivity contribution in [3.8, 4) is 0 Å². The molecule has 120 valence electrons. The quantitative estimate of drug-likeness (QED) is 0.815. The number of aromatic nitrogens is 1. The van der Waals surface area contributed by atoms with E-state index in [1.54, 1.807) is 12.1 Å². The molecule has 22 heavy (non-hydrogen) atoms. The van der Waals surface area contributed by atoms with Crippen molar-refractivity contribution in [2.24, 2.45) is 0 Å². The van der Waals surface area contributed by atoms with Gasteiger partial charge in [-0.25, -0.2) is 4.39 Å². The van der Waals surface area contributed by atoms with E-state index >= 15 is 0 Å². The zero-order chi connectivity index (χ0) is 15.7. The predicted octanol–water partition coefficient (Wildman–Crippen LogP) is 2.32. The minimum Gasteiger partial charge on any atom is -0.393 e. The Morgan fingerprint density at radius 2 is 2.14 bits per heavy atom. The topological polar surface area (TPSA) is 59.5 Å². The van der Waals surface area contributed by atoms with Crippen LogP contribution in [0.25, 0.3) is 10.9 Å². The van der Waals surface area contributed by atoms with Crippen molar-refractivity contribution in [1.29, 1.82) is 0 Å². The molecule has 1 aliphatic heterocycles. The summed E-state index contributed by atoms with van der Waals surface area (Å²) in [5.74, 6) is -0.219. The standard InChI is InChI=1S/C17H23FN2O2/c1-12-14-9-13(18)3-4-15(14)19-16(12)10-20-7-2-5-17(22,11-21)6-8-20/h3-4,9,19,21-22H,2,5-8,10-11H2,1H3. The summed E-state index contributed by atoms with van der Waals surface area (Å²) in [5, 5.41) is 20.5. The van der Waals surface area contributed by atoms with E-state index in [1.807, 2.05) is 6.92 Å². The zero-order valence-electron chi connectivity index (χ0n) is 12.9. The number of aryl methyl sites for hydroxylation is 1. The van der Waals surface area contributed by atoms with Crippen LogP contribution in [0, 0.1) is 12.7 Å². The lowest BCUT2D eigenvalue weighted by atomic mass is 9.96. The van der Waals surface area contributed by atoms with Gasteiger partial charge in [0.2, 0.25) is 0 Å². The first kappa shape index (κ1) is 15.5. The number of likely N-dealkylation sites (tertiary alicyclic amines) is 1. The fraction of sp³-hybridized carbons (Fsp3) is 0.529. The fourth-order valence-electron chi connectivity index (χ4n) is 3.29. The Kier molecular flexibility index (Phi) is 4.21. The number of aliphatic hydroxyl groups is 2. The van der Waals surface area contributed by atoms with Gasteiger partial charge in [-0.15, -0.1) is 0 Å². The molecule has 2 aromatic rings. The number of nitrogens with zero attached hydrogens (tertiary/aromatic N) is 1. The van der Waals surface area contributed by atoms with E-state index in [9.17, 15) is 14.6 Å². The second-order valence-electron chi connectivity index (χ2n) is 6.43. The highest BCUT2D eigenvalue weighted by atomic mass is 19.1. The van der Waals surface area contributed by atoms with Crippen LogP contribution in [0.4, 0.5) is 4.39 Å². The molecular weight excluding hydrogens is 283 g/mol. The van der Waals surface area contributed by atoms with Gasteiger partial charge in [0, 0.05) is 29.7 Å². The van der Waals surface area contributed by atoms with Crippen LogP contribution >= 0.6 is 0 Å². The minimum atomic E-state index is -0.937. The lowest BCUT2D eigenvalue weighted by molar-refractivity contribution is -0.0255. The third kappa shape index (κ3) is 3.02. The van der Waals surface area contributed by atoms with E-state index in [0.717, 1.165) is 48.2 Å². The number of hydrogen-bond acceptors (Lipinski definition) is 3. The Labute approximate surface area is 129 Å². The van der Waals surface area contributed by atoms with E-state index in [0.29, 0.717) is 12.8 Å². The third-order valence-corrected chi connectivity index (χ3v) is 4.81. The Hall–Kier alpha value is -1.43. The molecule has 1 aliphatic rings. The van der Waals surface area contributed by atoms with Crippen LogP contribution in [-0.2, 0) is 6.54 Å². The first-order chi connectivity index (χ1) is 10.5. The second kappa shape index (κ2) is 5.99. The number of nitrogens with one attached hydrogen (secondary N) is 1. The van der Waals surface area contributed by atoms with E-state index in [4.69, 9.17) is 0 Å². The van der Waals surface area contributed by atoms with Crippen LogP contribution < -0.4 is 0 Å². The number of aliphatic hydroxyl groups excluding tert-OH is 1. The Morgan fingerprint density at radius 1 is 1.32 bits per heavy atom. The maximum Gasteiger partial charge on any atom is 0.123 e. The normalized spacial score (nSPS) is 23.8. The molecule has 4 nitrogen and oxygen atoms in total. The highest BCUT2D eigenvalue weighted by Crippen LogP contribution is 2.26. The summed E-state index contributed by atoms with van der Waals surface area (Å²) in [6, 6.07) is 4.81. The van der Waals surface area contributed by atoms with Gasteiger partial charge < -0.3 is 15.2 Å². The van der Waals surface area contributed by atoms with E-state index in [-0.39, 0.29) is 12.4 Å². The molecule has 1 aromatic heterocycles. The molecule has 1 aromatic carbocycles. The van der Waals surface area contributed by atoms with Crippen LogP contribution in [0.2, 0.25) is 0 Å². The summed E-state index contributed by atoms with van der Waals surface area (Å²) in [6.45, 7) is 4.23. The smallest absolute Gasteiger partial charge is 0.123 e. The highest BCUT2D eigenvalue weighted by Gasteiger charge is 2.29. The molecule has 1 atom stereocenters. The first-order valence-corrected chi connectivity index (χ1v) is 7.83. The zero-order valence-corrected chi connectivity index (χ0v) is 12.9. The van der Waals surface area contributed by atoms with E-state index in [2.05, 4.69) is 9.88 Å². The molecule has 0 radical (unpaired) electrons. The summed E-state index contributed by atoms with van der Waals surface area (Å²) in [7, 11) is 0. The molecule has 0 spiro atoms. The first-order valence-electron chi connectivity index (χ1n) is 7.83. The van der Waals surface area contributed by atoms with Crippen molar-refractivity contribution in [3.63, 3.8) is 0 Å². The van der Waals surface area contributed by atoms with Gasteiger partial charge in [0.1, 0.15) is 5.82 Å². The number of aromatic amines is 1. The summed E-state index contributed by atoms with van der Waals surface area (Å²) < 4.78 is 13.4. The maximum absolute atomic E-state index is 13.4. The van der Waals surface area contributed by atoms with Gasteiger partial charge in [-0.1, -0.05) is 0 Å². The summed E-state index contributed by atoms with van der Waals surface area (Å²) in [5.41, 5.74) is 2.19. The fourth-order valence-corrected chi connectivity index (χ4v) is 3.29. The Morgan fingerprint density at radius 3 is 2.91 bits per heavy atom. The van der Waals surface area contributed by atoms with Crippen LogP contribution in [0.15, 0.2) is 18.2 Å². The van der Waals surface area contributed by atoms with Crippen LogP contribution in [0.3, 0.4) is 0 Å². The molecule has 3 rings (SSSR count). The van der Waals surface area contributed by atoms with Crippen LogP contribution in [0.5, 0.6) is 0 Å². The third-order valence-electron chi connectivity index (χ3n) is 4.81. The molecule has 0 bridgehead atoms. The van der Waals surface area contributed by atoms with Crippen LogP contribution in [0.1, 0.15) is 30.5 Å². The molecular formula is C17H23FN2O2. The average Bonchev–Trinajstić information content (AvgIpc) is 2.69. The summed E-state index contributed by atoms with van der Waals surface area (Å²) in [6.07, 6.45) is 2.08. The molecule has 0 amide bonds. The van der Waals surface area contributed by atoms with Crippen molar-refractivity contribution in [2.75, 3.05) is 19.7 Å². The number of halogens is 1. The molecule has 0 aliphatic carbocycles. The van der Waals surface area contributed by atoms with Gasteiger partial charge in [0.05, 0.1) is 12.2 Å². The minimum absolute atomic E-state index is 0.175. The van der Waals surface area contributed by atoms with Gasteiger partial charge in [0.25, 0.3) is 0 Å². The van der Waals surface area contributed by atoms with Crippen molar-refractivity contribution in [1.82, 2.24) is 9.88 Å². The largest absolute Gasteiger partial charge is 0.393 e. The molecule has 1 saturated heterocycles. The van der Waals surface area contributed by atoms with Crippen molar-refractivity contribution in [2.45, 2.75) is 38.3 Å². The van der Waals surface area contributed by atoms with Gasteiger partial charge in [0.15, 0.2) is 0 Å². The second-order valence-corrected chi connectivity index (χ2v) is 6.43. The van der Waals surface area contributed by atoms with Crippen molar-refractivity contribution in [3.05, 3.63) is 35.3 Å². The van der Waals surface area contributed by atoms with Crippen molar-refractivity contribution >= 4 is 10.9 Å². The lowest BCUT2D eigenvalue weighted by Crippen LogP contribution is -2.34. The number of rotatable bonds is 3. The van der Waals surface area contributed by atoms with Gasteiger partial charge in [-0.05, 0) is 56.5 Å². The number of benzene rings is 1. The van der Waals surface area contributed by atoms with Gasteiger partial charge in [-0.2, -0.15) is 0 Å². The van der Waals surface area contributed by atoms with E-state index < -0.39 is 5.60 Å². The summed E-state index contributed by atoms with van der Waals surface area (Å²) in [4.78, 5) is 5.65. The number of hydrogen-bond donors (Lipinski definition) is 3. The average molecular weight is 306 g/mol. The molecule has 1 fully saturated rings. The monoisotopic (exact) mass is 306 g/mol. The van der Waals surface area contributed by atoms with E-state index in [1.165, 1.54) is 6.07 Å². The Balaban J connectivity index is 1.77. The molecule has 5 heteroatoms.